The van der Waals surface area contributed by atoms with Gasteiger partial charge in [-0.1, -0.05) is 36.4 Å². The first-order valence-corrected chi connectivity index (χ1v) is 7.80. The molecule has 1 unspecified atom stereocenters. The molecule has 1 aliphatic rings. The average Bonchev–Trinajstić information content (AvgIpc) is 3.14. The fourth-order valence-electron chi connectivity index (χ4n) is 3.06. The van der Waals surface area contributed by atoms with E-state index in [1.807, 2.05) is 48.9 Å². The number of amides is 1. The number of benzene rings is 2. The molecule has 1 amide bonds. The Balaban J connectivity index is 1.81. The normalized spacial score (nSPS) is 14.9. The van der Waals surface area contributed by atoms with Crippen LogP contribution in [0.2, 0.25) is 0 Å². The van der Waals surface area contributed by atoms with E-state index in [9.17, 15) is 4.79 Å². The summed E-state index contributed by atoms with van der Waals surface area (Å²) in [4.78, 5) is 17.6. The van der Waals surface area contributed by atoms with Gasteiger partial charge in [-0.2, -0.15) is 0 Å². The number of imidazole rings is 1. The monoisotopic (exact) mass is 319 g/mol. The minimum absolute atomic E-state index is 0.00512. The first-order chi connectivity index (χ1) is 11.7. The smallest absolute Gasteiger partial charge is 0.264 e. The molecule has 0 fully saturated rings. The summed E-state index contributed by atoms with van der Waals surface area (Å²) in [6.45, 7) is 0.0774. The number of likely N-dealkylation sites (N-methyl/N-ethyl adjacent to an activating group) is 1. The van der Waals surface area contributed by atoms with Gasteiger partial charge in [0.2, 0.25) is 0 Å². The van der Waals surface area contributed by atoms with Crippen LogP contribution in [0.4, 0.5) is 5.69 Å². The SMILES string of the molecule is CN1C(=O)COc2cc(C(c3ccccc3)n3ccnc3)ccc21. The Hall–Kier alpha value is -3.08. The van der Waals surface area contributed by atoms with Crippen molar-refractivity contribution in [2.75, 3.05) is 18.6 Å². The first kappa shape index (κ1) is 14.5. The molecule has 1 aromatic heterocycles. The lowest BCUT2D eigenvalue weighted by Crippen LogP contribution is -2.35. The summed E-state index contributed by atoms with van der Waals surface area (Å²) in [6, 6.07) is 16.2. The van der Waals surface area contributed by atoms with E-state index in [1.54, 1.807) is 18.1 Å². The van der Waals surface area contributed by atoms with Gasteiger partial charge in [-0.05, 0) is 23.3 Å². The lowest BCUT2D eigenvalue weighted by Gasteiger charge is -2.28. The van der Waals surface area contributed by atoms with Crippen molar-refractivity contribution >= 4 is 11.6 Å². The fraction of sp³-hybridized carbons (Fsp3) is 0.158. The summed E-state index contributed by atoms with van der Waals surface area (Å²) in [7, 11) is 1.77. The molecule has 0 aliphatic carbocycles. The molecular formula is C19H17N3O2. The number of ether oxygens (including phenoxy) is 1. The Kier molecular flexibility index (Phi) is 3.54. The van der Waals surface area contributed by atoms with Crippen LogP contribution in [0.3, 0.4) is 0 Å². The van der Waals surface area contributed by atoms with Crippen molar-refractivity contribution in [2.45, 2.75) is 6.04 Å². The zero-order chi connectivity index (χ0) is 16.5. The Morgan fingerprint density at radius 3 is 2.71 bits per heavy atom. The van der Waals surface area contributed by atoms with Crippen molar-refractivity contribution < 1.29 is 9.53 Å². The van der Waals surface area contributed by atoms with E-state index in [0.717, 1.165) is 22.6 Å². The third-order valence-corrected chi connectivity index (χ3v) is 4.32. The second kappa shape index (κ2) is 5.85. The number of nitrogens with zero attached hydrogens (tertiary/aromatic N) is 3. The molecule has 5 nitrogen and oxygen atoms in total. The second-order valence-electron chi connectivity index (χ2n) is 5.79. The summed E-state index contributed by atoms with van der Waals surface area (Å²) in [6.07, 6.45) is 5.54. The highest BCUT2D eigenvalue weighted by Gasteiger charge is 2.24. The molecule has 3 aromatic rings. The molecule has 4 rings (SSSR count). The fourth-order valence-corrected chi connectivity index (χ4v) is 3.06. The standard InChI is InChI=1S/C19H17N3O2/c1-21-16-8-7-15(11-17(16)24-12-18(21)23)19(22-10-9-20-13-22)14-5-3-2-4-6-14/h2-11,13,19H,12H2,1H3. The van der Waals surface area contributed by atoms with Crippen LogP contribution in [0.1, 0.15) is 17.2 Å². The van der Waals surface area contributed by atoms with Crippen molar-refractivity contribution in [3.8, 4) is 5.75 Å². The number of carbonyl (C=O) groups is 1. The van der Waals surface area contributed by atoms with E-state index in [-0.39, 0.29) is 18.6 Å². The molecule has 5 heteroatoms. The molecule has 0 saturated heterocycles. The van der Waals surface area contributed by atoms with Crippen LogP contribution in [-0.4, -0.2) is 29.1 Å². The Morgan fingerprint density at radius 1 is 1.12 bits per heavy atom. The van der Waals surface area contributed by atoms with Gasteiger partial charge >= 0.3 is 0 Å². The van der Waals surface area contributed by atoms with Crippen LogP contribution in [0.5, 0.6) is 5.75 Å². The molecule has 0 spiro atoms. The molecular weight excluding hydrogens is 302 g/mol. The maximum absolute atomic E-state index is 11.8. The maximum Gasteiger partial charge on any atom is 0.264 e. The number of fused-ring (bicyclic) bond motifs is 1. The molecule has 1 atom stereocenters. The molecule has 1 aliphatic heterocycles. The van der Waals surface area contributed by atoms with Crippen LogP contribution in [0, 0.1) is 0 Å². The van der Waals surface area contributed by atoms with Gasteiger partial charge in [-0.15, -0.1) is 0 Å². The topological polar surface area (TPSA) is 47.4 Å². The maximum atomic E-state index is 11.8. The van der Waals surface area contributed by atoms with E-state index < -0.39 is 0 Å². The molecule has 0 saturated carbocycles. The van der Waals surface area contributed by atoms with Crippen LogP contribution in [0.25, 0.3) is 0 Å². The van der Waals surface area contributed by atoms with E-state index in [4.69, 9.17) is 4.74 Å². The molecule has 0 radical (unpaired) electrons. The van der Waals surface area contributed by atoms with Gasteiger partial charge < -0.3 is 14.2 Å². The summed E-state index contributed by atoms with van der Waals surface area (Å²) >= 11 is 0. The molecule has 0 N–H and O–H groups in total. The summed E-state index contributed by atoms with van der Waals surface area (Å²) in [5.74, 6) is 0.695. The van der Waals surface area contributed by atoms with Crippen molar-refractivity contribution in [2.24, 2.45) is 0 Å². The summed E-state index contributed by atoms with van der Waals surface area (Å²) < 4.78 is 7.70. The average molecular weight is 319 g/mol. The largest absolute Gasteiger partial charge is 0.482 e. The molecule has 2 heterocycles. The number of hydrogen-bond donors (Lipinski definition) is 0. The van der Waals surface area contributed by atoms with E-state index in [2.05, 4.69) is 21.7 Å². The lowest BCUT2D eigenvalue weighted by molar-refractivity contribution is -0.120. The zero-order valence-electron chi connectivity index (χ0n) is 13.3. The van der Waals surface area contributed by atoms with E-state index in [1.165, 1.54) is 0 Å². The van der Waals surface area contributed by atoms with Crippen LogP contribution in [0.15, 0.2) is 67.3 Å². The van der Waals surface area contributed by atoms with Gasteiger partial charge in [-0.25, -0.2) is 4.98 Å². The van der Waals surface area contributed by atoms with Crippen molar-refractivity contribution in [1.29, 1.82) is 0 Å². The summed E-state index contributed by atoms with van der Waals surface area (Å²) in [5, 5.41) is 0. The number of carbonyl (C=O) groups excluding carboxylic acids is 1. The molecule has 24 heavy (non-hydrogen) atoms. The lowest BCUT2D eigenvalue weighted by atomic mass is 9.97. The van der Waals surface area contributed by atoms with Crippen LogP contribution < -0.4 is 9.64 Å². The van der Waals surface area contributed by atoms with Gasteiger partial charge in [-0.3, -0.25) is 4.79 Å². The van der Waals surface area contributed by atoms with Gasteiger partial charge in [0.15, 0.2) is 6.61 Å². The van der Waals surface area contributed by atoms with Crippen molar-refractivity contribution in [3.05, 3.63) is 78.4 Å². The number of aromatic nitrogens is 2. The Bertz CT molecular complexity index is 860. The molecule has 120 valence electrons. The molecule has 0 bridgehead atoms. The van der Waals surface area contributed by atoms with Crippen LogP contribution >= 0.6 is 0 Å². The van der Waals surface area contributed by atoms with E-state index >= 15 is 0 Å². The Labute approximate surface area is 140 Å². The number of anilines is 1. The highest BCUT2D eigenvalue weighted by atomic mass is 16.5. The highest BCUT2D eigenvalue weighted by molar-refractivity contribution is 5.97. The second-order valence-corrected chi connectivity index (χ2v) is 5.79. The quantitative estimate of drug-likeness (QED) is 0.746. The minimum atomic E-state index is -0.0375. The predicted octanol–water partition coefficient (Wildman–Crippen LogP) is 2.88. The molecule has 2 aromatic carbocycles. The van der Waals surface area contributed by atoms with Gasteiger partial charge in [0.1, 0.15) is 5.75 Å². The summed E-state index contributed by atoms with van der Waals surface area (Å²) in [5.41, 5.74) is 3.05. The minimum Gasteiger partial charge on any atom is -0.482 e. The first-order valence-electron chi connectivity index (χ1n) is 7.80. The van der Waals surface area contributed by atoms with E-state index in [0.29, 0.717) is 0 Å². The van der Waals surface area contributed by atoms with Crippen LogP contribution in [-0.2, 0) is 4.79 Å². The van der Waals surface area contributed by atoms with Gasteiger partial charge in [0, 0.05) is 19.4 Å². The highest BCUT2D eigenvalue weighted by Crippen LogP contribution is 2.36. The van der Waals surface area contributed by atoms with Gasteiger partial charge in [0.25, 0.3) is 5.91 Å². The predicted molar refractivity (Wildman–Crippen MR) is 91.3 cm³/mol. The Morgan fingerprint density at radius 2 is 1.96 bits per heavy atom. The zero-order valence-corrected chi connectivity index (χ0v) is 13.3. The van der Waals surface area contributed by atoms with Crippen molar-refractivity contribution in [1.82, 2.24) is 9.55 Å². The third-order valence-electron chi connectivity index (χ3n) is 4.32. The van der Waals surface area contributed by atoms with Gasteiger partial charge in [0.05, 0.1) is 18.1 Å². The number of hydrogen-bond acceptors (Lipinski definition) is 3. The van der Waals surface area contributed by atoms with Crippen molar-refractivity contribution in [3.63, 3.8) is 0 Å². The third kappa shape index (κ3) is 2.44. The number of rotatable bonds is 3.